The van der Waals surface area contributed by atoms with Crippen molar-refractivity contribution in [2.45, 2.75) is 37.6 Å². The standard InChI is InChI=1S/C10H15F3N2O3S/c1-2-3-15-5-9(4-8(15)6-16)19(17,18)14-7-10(11,12)13/h4-5,14,16H,2-3,6-7H2,1H3. The third kappa shape index (κ3) is 4.51. The summed E-state index contributed by atoms with van der Waals surface area (Å²) >= 11 is 0. The molecule has 110 valence electrons. The number of hydrogen-bond donors (Lipinski definition) is 2. The van der Waals surface area contributed by atoms with Gasteiger partial charge in [-0.25, -0.2) is 13.1 Å². The summed E-state index contributed by atoms with van der Waals surface area (Å²) in [6.45, 7) is 0.333. The molecule has 5 nitrogen and oxygen atoms in total. The number of rotatable bonds is 6. The molecule has 0 amide bonds. The lowest BCUT2D eigenvalue weighted by atomic mass is 10.4. The zero-order valence-electron chi connectivity index (χ0n) is 10.2. The Kier molecular flexibility index (Phi) is 4.99. The summed E-state index contributed by atoms with van der Waals surface area (Å²) in [5, 5.41) is 9.07. The Morgan fingerprint density at radius 2 is 2.05 bits per heavy atom. The monoisotopic (exact) mass is 300 g/mol. The number of alkyl halides is 3. The van der Waals surface area contributed by atoms with E-state index in [4.69, 9.17) is 5.11 Å². The molecular weight excluding hydrogens is 285 g/mol. The number of sulfonamides is 1. The molecule has 0 unspecified atom stereocenters. The molecule has 1 heterocycles. The first-order chi connectivity index (χ1) is 8.69. The van der Waals surface area contributed by atoms with E-state index in [0.29, 0.717) is 18.7 Å². The highest BCUT2D eigenvalue weighted by atomic mass is 32.2. The molecule has 1 aromatic heterocycles. The van der Waals surface area contributed by atoms with Crippen molar-refractivity contribution < 1.29 is 26.7 Å². The van der Waals surface area contributed by atoms with E-state index in [0.717, 1.165) is 6.07 Å². The molecule has 1 aromatic rings. The molecule has 0 saturated heterocycles. The summed E-state index contributed by atoms with van der Waals surface area (Å²) in [6, 6.07) is 1.16. The minimum Gasteiger partial charge on any atom is -0.390 e. The minimum atomic E-state index is -4.61. The van der Waals surface area contributed by atoms with Crippen molar-refractivity contribution >= 4 is 10.0 Å². The minimum absolute atomic E-state index is 0.283. The first kappa shape index (κ1) is 16.0. The van der Waals surface area contributed by atoms with Crippen LogP contribution in [0.5, 0.6) is 0 Å². The van der Waals surface area contributed by atoms with Crippen molar-refractivity contribution in [3.05, 3.63) is 18.0 Å². The largest absolute Gasteiger partial charge is 0.402 e. The highest BCUT2D eigenvalue weighted by Crippen LogP contribution is 2.18. The van der Waals surface area contributed by atoms with Gasteiger partial charge in [0.2, 0.25) is 10.0 Å². The summed E-state index contributed by atoms with van der Waals surface area (Å²) in [5.41, 5.74) is 0.342. The third-order valence-electron chi connectivity index (χ3n) is 2.36. The van der Waals surface area contributed by atoms with E-state index in [1.54, 1.807) is 0 Å². The summed E-state index contributed by atoms with van der Waals surface area (Å²) < 4.78 is 62.3. The zero-order chi connectivity index (χ0) is 14.7. The number of aliphatic hydroxyl groups is 1. The van der Waals surface area contributed by atoms with Gasteiger partial charge >= 0.3 is 6.18 Å². The number of nitrogens with zero attached hydrogens (tertiary/aromatic N) is 1. The van der Waals surface area contributed by atoms with Gasteiger partial charge in [-0.2, -0.15) is 13.2 Å². The van der Waals surface area contributed by atoms with Crippen molar-refractivity contribution in [3.8, 4) is 0 Å². The molecule has 19 heavy (non-hydrogen) atoms. The van der Waals surface area contributed by atoms with Gasteiger partial charge in [-0.1, -0.05) is 6.92 Å². The van der Waals surface area contributed by atoms with Crippen LogP contribution in [0.4, 0.5) is 13.2 Å². The maximum Gasteiger partial charge on any atom is 0.402 e. The van der Waals surface area contributed by atoms with Gasteiger partial charge in [0.1, 0.15) is 6.54 Å². The fourth-order valence-electron chi connectivity index (χ4n) is 1.51. The Labute approximate surface area is 109 Å². The Hall–Kier alpha value is -1.06. The summed E-state index contributed by atoms with van der Waals surface area (Å²) in [5.74, 6) is 0. The summed E-state index contributed by atoms with van der Waals surface area (Å²) in [7, 11) is -4.23. The Bertz CT molecular complexity index is 523. The lowest BCUT2D eigenvalue weighted by molar-refractivity contribution is -0.121. The molecule has 0 fully saturated rings. The number of aromatic nitrogens is 1. The van der Waals surface area contributed by atoms with Crippen molar-refractivity contribution in [3.63, 3.8) is 0 Å². The van der Waals surface area contributed by atoms with Gasteiger partial charge < -0.3 is 9.67 Å². The van der Waals surface area contributed by atoms with Crippen LogP contribution in [0.2, 0.25) is 0 Å². The van der Waals surface area contributed by atoms with Crippen molar-refractivity contribution in [2.24, 2.45) is 0 Å². The van der Waals surface area contributed by atoms with E-state index in [-0.39, 0.29) is 11.5 Å². The molecule has 0 aliphatic rings. The van der Waals surface area contributed by atoms with Crippen LogP contribution < -0.4 is 4.72 Å². The predicted octanol–water partition coefficient (Wildman–Crippen LogP) is 1.23. The first-order valence-electron chi connectivity index (χ1n) is 5.56. The van der Waals surface area contributed by atoms with E-state index in [1.165, 1.54) is 15.5 Å². The van der Waals surface area contributed by atoms with Crippen LogP contribution in [0.25, 0.3) is 0 Å². The SMILES string of the molecule is CCCn1cc(S(=O)(=O)NCC(F)(F)F)cc1CO. The normalized spacial score (nSPS) is 12.9. The molecule has 0 aliphatic carbocycles. The second-order valence-corrected chi connectivity index (χ2v) is 5.73. The molecule has 9 heteroatoms. The first-order valence-corrected chi connectivity index (χ1v) is 7.04. The number of nitrogens with one attached hydrogen (secondary N) is 1. The molecule has 0 aliphatic heterocycles. The van der Waals surface area contributed by atoms with Gasteiger partial charge in [0.25, 0.3) is 0 Å². The number of aliphatic hydroxyl groups excluding tert-OH is 1. The predicted molar refractivity (Wildman–Crippen MR) is 61.9 cm³/mol. The van der Waals surface area contributed by atoms with Gasteiger partial charge in [-0.15, -0.1) is 0 Å². The van der Waals surface area contributed by atoms with Crippen molar-refractivity contribution in [1.82, 2.24) is 9.29 Å². The second kappa shape index (κ2) is 5.93. The number of halogens is 3. The van der Waals surface area contributed by atoms with Crippen LogP contribution in [-0.4, -0.2) is 30.8 Å². The molecule has 0 saturated carbocycles. The van der Waals surface area contributed by atoms with Crippen LogP contribution in [0.15, 0.2) is 17.2 Å². The maximum absolute atomic E-state index is 12.0. The van der Waals surface area contributed by atoms with E-state index in [2.05, 4.69) is 0 Å². The lowest BCUT2D eigenvalue weighted by Gasteiger charge is -2.07. The van der Waals surface area contributed by atoms with Crippen molar-refractivity contribution in [2.75, 3.05) is 6.54 Å². The Morgan fingerprint density at radius 3 is 2.53 bits per heavy atom. The zero-order valence-corrected chi connectivity index (χ0v) is 11.1. The van der Waals surface area contributed by atoms with Crippen LogP contribution in [-0.2, 0) is 23.2 Å². The molecule has 0 spiro atoms. The fraction of sp³-hybridized carbons (Fsp3) is 0.600. The van der Waals surface area contributed by atoms with E-state index in [9.17, 15) is 21.6 Å². The van der Waals surface area contributed by atoms with E-state index in [1.807, 2.05) is 6.92 Å². The molecule has 2 N–H and O–H groups in total. The summed E-state index contributed by atoms with van der Waals surface area (Å²) in [4.78, 5) is -0.283. The highest BCUT2D eigenvalue weighted by Gasteiger charge is 2.30. The van der Waals surface area contributed by atoms with Gasteiger partial charge in [0.05, 0.1) is 11.5 Å². The average molecular weight is 300 g/mol. The van der Waals surface area contributed by atoms with Gasteiger partial charge in [0.15, 0.2) is 0 Å². The molecular formula is C10H15F3N2O3S. The molecule has 0 aromatic carbocycles. The lowest BCUT2D eigenvalue weighted by Crippen LogP contribution is -2.33. The maximum atomic E-state index is 12.0. The van der Waals surface area contributed by atoms with Gasteiger partial charge in [-0.3, -0.25) is 0 Å². The fourth-order valence-corrected chi connectivity index (χ4v) is 2.59. The molecule has 0 radical (unpaired) electrons. The van der Waals surface area contributed by atoms with Crippen molar-refractivity contribution in [1.29, 1.82) is 0 Å². The summed E-state index contributed by atoms with van der Waals surface area (Å²) in [6.07, 6.45) is -2.69. The highest BCUT2D eigenvalue weighted by molar-refractivity contribution is 7.89. The second-order valence-electron chi connectivity index (χ2n) is 3.96. The average Bonchev–Trinajstić information content (AvgIpc) is 2.70. The van der Waals surface area contributed by atoms with Crippen LogP contribution in [0.1, 0.15) is 19.0 Å². The van der Waals surface area contributed by atoms with Crippen LogP contribution >= 0.6 is 0 Å². The van der Waals surface area contributed by atoms with E-state index >= 15 is 0 Å². The number of hydrogen-bond acceptors (Lipinski definition) is 3. The number of aryl methyl sites for hydroxylation is 1. The third-order valence-corrected chi connectivity index (χ3v) is 3.73. The van der Waals surface area contributed by atoms with Gasteiger partial charge in [-0.05, 0) is 12.5 Å². The smallest absolute Gasteiger partial charge is 0.390 e. The quantitative estimate of drug-likeness (QED) is 0.830. The Morgan fingerprint density at radius 1 is 1.42 bits per heavy atom. The van der Waals surface area contributed by atoms with Gasteiger partial charge in [0, 0.05) is 18.4 Å². The molecule has 0 atom stereocenters. The van der Waals surface area contributed by atoms with Crippen LogP contribution in [0, 0.1) is 0 Å². The molecule has 0 bridgehead atoms. The molecule has 1 rings (SSSR count). The topological polar surface area (TPSA) is 71.3 Å². The van der Waals surface area contributed by atoms with E-state index < -0.39 is 22.7 Å². The Balaban J connectivity index is 2.95. The van der Waals surface area contributed by atoms with Crippen LogP contribution in [0.3, 0.4) is 0 Å².